The number of imidazole rings is 1. The number of hydrogen-bond acceptors (Lipinski definition) is 7. The van der Waals surface area contributed by atoms with Crippen LogP contribution >= 0.6 is 19.2 Å². The van der Waals surface area contributed by atoms with Crippen molar-refractivity contribution in [1.29, 1.82) is 0 Å². The van der Waals surface area contributed by atoms with E-state index in [2.05, 4.69) is 19.5 Å². The van der Waals surface area contributed by atoms with Gasteiger partial charge in [0.05, 0.1) is 12.0 Å². The molecular formula is C18H17N6O7PS. The first-order valence-electron chi connectivity index (χ1n) is 9.29. The molecule has 172 valence electrons. The lowest BCUT2D eigenvalue weighted by Crippen LogP contribution is -2.29. The minimum absolute atomic E-state index is 0.0366. The lowest BCUT2D eigenvalue weighted by Gasteiger charge is -2.10. The third kappa shape index (κ3) is 4.84. The molecular weight excluding hydrogens is 475 g/mol. The topological polar surface area (TPSA) is 174 Å². The van der Waals surface area contributed by atoms with Gasteiger partial charge in [-0.15, -0.1) is 11.3 Å². The number of carbonyl (C=O) groups excluding carboxylic acids is 1. The molecule has 3 aromatic heterocycles. The van der Waals surface area contributed by atoms with Crippen molar-refractivity contribution < 1.29 is 23.7 Å². The van der Waals surface area contributed by atoms with E-state index in [-0.39, 0.29) is 22.5 Å². The highest BCUT2D eigenvalue weighted by Gasteiger charge is 2.18. The van der Waals surface area contributed by atoms with Crippen LogP contribution in [0.1, 0.15) is 0 Å². The Bertz CT molecular complexity index is 1570. The first-order chi connectivity index (χ1) is 15.6. The Morgan fingerprint density at radius 3 is 2.70 bits per heavy atom. The molecule has 0 aliphatic carbocycles. The van der Waals surface area contributed by atoms with E-state index in [0.29, 0.717) is 5.69 Å². The highest BCUT2D eigenvalue weighted by Crippen LogP contribution is 2.36. The van der Waals surface area contributed by atoms with Crippen molar-refractivity contribution in [3.8, 4) is 11.3 Å². The number of fused-ring (bicyclic) bond motifs is 1. The molecule has 3 heterocycles. The van der Waals surface area contributed by atoms with Gasteiger partial charge >= 0.3 is 13.5 Å². The zero-order valence-electron chi connectivity index (χ0n) is 17.0. The van der Waals surface area contributed by atoms with Crippen molar-refractivity contribution in [3.63, 3.8) is 0 Å². The smallest absolute Gasteiger partial charge is 0.315 e. The Kier molecular flexibility index (Phi) is 6.10. The highest BCUT2D eigenvalue weighted by atomic mass is 32.1. The van der Waals surface area contributed by atoms with Crippen LogP contribution in [-0.2, 0) is 34.2 Å². The number of benzene rings is 1. The number of phosphoric ester groups is 1. The maximum Gasteiger partial charge on any atom is 0.471 e. The third-order valence-electron chi connectivity index (χ3n) is 4.62. The zero-order chi connectivity index (χ0) is 23.8. The van der Waals surface area contributed by atoms with Gasteiger partial charge in [0.2, 0.25) is 0 Å². The molecule has 0 spiro atoms. The maximum atomic E-state index is 12.7. The second kappa shape index (κ2) is 8.84. The van der Waals surface area contributed by atoms with Crippen molar-refractivity contribution >= 4 is 36.2 Å². The van der Waals surface area contributed by atoms with Gasteiger partial charge < -0.3 is 14.4 Å². The summed E-state index contributed by atoms with van der Waals surface area (Å²) in [5.74, 6) is -0.658. The Morgan fingerprint density at radius 1 is 1.27 bits per heavy atom. The second-order valence-corrected chi connectivity index (χ2v) is 8.89. The standard InChI is InChI=1S/C18H17N6O7PS/c1-22-15-14(16(26)21-17(22)27)23(9-19-15)7-13(25)20-18-24(10-31-32(28,29)30)12(8-33-18)11-5-3-2-4-6-11/h2-6,8-9H,7,10H2,1H3,(H,21,26,27)(H2,28,29,30). The number of nitrogens with zero attached hydrogens (tertiary/aromatic N) is 5. The van der Waals surface area contributed by atoms with Crippen molar-refractivity contribution in [1.82, 2.24) is 23.7 Å². The van der Waals surface area contributed by atoms with E-state index in [4.69, 9.17) is 9.79 Å². The molecule has 0 fully saturated rings. The number of nitrogens with one attached hydrogen (secondary N) is 1. The molecule has 0 aliphatic heterocycles. The average molecular weight is 492 g/mol. The van der Waals surface area contributed by atoms with E-state index in [1.807, 2.05) is 6.07 Å². The highest BCUT2D eigenvalue weighted by molar-refractivity contribution is 7.46. The first-order valence-corrected chi connectivity index (χ1v) is 11.7. The van der Waals surface area contributed by atoms with E-state index < -0.39 is 31.7 Å². The van der Waals surface area contributed by atoms with Crippen LogP contribution in [0.25, 0.3) is 22.4 Å². The third-order valence-corrected chi connectivity index (χ3v) is 5.94. The van der Waals surface area contributed by atoms with E-state index in [0.717, 1.165) is 21.5 Å². The minimum Gasteiger partial charge on any atom is -0.315 e. The number of phosphoric acid groups is 1. The molecule has 4 rings (SSSR count). The molecule has 0 saturated carbocycles. The molecule has 0 atom stereocenters. The van der Waals surface area contributed by atoms with Gasteiger partial charge in [-0.2, -0.15) is 4.99 Å². The Balaban J connectivity index is 1.72. The van der Waals surface area contributed by atoms with Gasteiger partial charge in [0, 0.05) is 12.4 Å². The molecule has 15 heteroatoms. The number of aryl methyl sites for hydroxylation is 1. The Morgan fingerprint density at radius 2 is 2.00 bits per heavy atom. The molecule has 4 aromatic rings. The van der Waals surface area contributed by atoms with Gasteiger partial charge in [-0.05, 0) is 5.56 Å². The zero-order valence-corrected chi connectivity index (χ0v) is 18.7. The fourth-order valence-corrected chi connectivity index (χ4v) is 4.29. The molecule has 0 radical (unpaired) electrons. The van der Waals surface area contributed by atoms with Crippen LogP contribution in [0.3, 0.4) is 0 Å². The van der Waals surface area contributed by atoms with Crippen LogP contribution in [0.4, 0.5) is 0 Å². The summed E-state index contributed by atoms with van der Waals surface area (Å²) in [6, 6.07) is 8.97. The van der Waals surface area contributed by atoms with Crippen molar-refractivity contribution in [2.24, 2.45) is 12.0 Å². The molecule has 33 heavy (non-hydrogen) atoms. The quantitative estimate of drug-likeness (QED) is 0.319. The summed E-state index contributed by atoms with van der Waals surface area (Å²) in [5, 5.41) is 1.68. The molecule has 0 bridgehead atoms. The molecule has 1 aromatic carbocycles. The van der Waals surface area contributed by atoms with Crippen molar-refractivity contribution in [3.05, 3.63) is 67.7 Å². The van der Waals surface area contributed by atoms with Gasteiger partial charge in [0.1, 0.15) is 13.3 Å². The summed E-state index contributed by atoms with van der Waals surface area (Å²) in [4.78, 5) is 65.2. The van der Waals surface area contributed by atoms with Gasteiger partial charge in [-0.3, -0.25) is 28.2 Å². The predicted octanol–water partition coefficient (Wildman–Crippen LogP) is 0.148. The number of carbonyl (C=O) groups is 1. The summed E-state index contributed by atoms with van der Waals surface area (Å²) in [6.07, 6.45) is 1.25. The van der Waals surface area contributed by atoms with E-state index in [1.54, 1.807) is 29.6 Å². The lowest BCUT2D eigenvalue weighted by atomic mass is 10.2. The van der Waals surface area contributed by atoms with Crippen LogP contribution in [-0.4, -0.2) is 39.4 Å². The molecule has 0 unspecified atom stereocenters. The number of H-pyrrole nitrogens is 1. The fourth-order valence-electron chi connectivity index (χ4n) is 3.11. The van der Waals surface area contributed by atoms with Gasteiger partial charge in [-0.1, -0.05) is 30.3 Å². The minimum atomic E-state index is -4.78. The van der Waals surface area contributed by atoms with Crippen molar-refractivity contribution in [2.75, 3.05) is 0 Å². The van der Waals surface area contributed by atoms with Crippen LogP contribution < -0.4 is 16.1 Å². The fraction of sp³-hybridized carbons (Fsp3) is 0.167. The summed E-state index contributed by atoms with van der Waals surface area (Å²) >= 11 is 1.08. The monoisotopic (exact) mass is 492 g/mol. The second-order valence-electron chi connectivity index (χ2n) is 6.81. The first kappa shape index (κ1) is 22.8. The van der Waals surface area contributed by atoms with E-state index >= 15 is 0 Å². The maximum absolute atomic E-state index is 12.7. The SMILES string of the molecule is Cn1c(=O)[nH]c(=O)c2c1ncn2CC(=O)N=c1scc(-c2ccccc2)n1COP(=O)(O)O. The molecule has 1 amide bonds. The van der Waals surface area contributed by atoms with Crippen LogP contribution in [0, 0.1) is 0 Å². The molecule has 3 N–H and O–H groups in total. The van der Waals surface area contributed by atoms with Crippen LogP contribution in [0.15, 0.2) is 56.6 Å². The summed E-state index contributed by atoms with van der Waals surface area (Å²) in [6.45, 7) is -0.893. The number of rotatable bonds is 6. The number of thiazole rings is 1. The number of hydrogen-bond donors (Lipinski definition) is 3. The van der Waals surface area contributed by atoms with E-state index in [9.17, 15) is 18.9 Å². The Labute approximate surface area is 188 Å². The van der Waals surface area contributed by atoms with Gasteiger partial charge in [-0.25, -0.2) is 14.3 Å². The summed E-state index contributed by atoms with van der Waals surface area (Å²) in [5.41, 5.74) is 0.0988. The van der Waals surface area contributed by atoms with Gasteiger partial charge in [0.25, 0.3) is 11.5 Å². The molecule has 0 aliphatic rings. The number of aromatic amines is 1. The number of amides is 1. The summed E-state index contributed by atoms with van der Waals surface area (Å²) in [7, 11) is -3.35. The van der Waals surface area contributed by atoms with Crippen LogP contribution in [0.5, 0.6) is 0 Å². The lowest BCUT2D eigenvalue weighted by molar-refractivity contribution is -0.118. The number of aromatic nitrogens is 5. The summed E-state index contributed by atoms with van der Waals surface area (Å²) < 4.78 is 19.6. The van der Waals surface area contributed by atoms with Crippen LogP contribution in [0.2, 0.25) is 0 Å². The molecule has 0 saturated heterocycles. The molecule has 13 nitrogen and oxygen atoms in total. The Hall–Kier alpha value is -3.42. The van der Waals surface area contributed by atoms with Gasteiger partial charge in [0.15, 0.2) is 16.0 Å². The predicted molar refractivity (Wildman–Crippen MR) is 117 cm³/mol. The van der Waals surface area contributed by atoms with Crippen molar-refractivity contribution in [2.45, 2.75) is 13.3 Å². The largest absolute Gasteiger partial charge is 0.471 e. The van der Waals surface area contributed by atoms with E-state index in [1.165, 1.54) is 22.5 Å². The average Bonchev–Trinajstić information content (AvgIpc) is 3.35. The normalized spacial score (nSPS) is 12.5.